The van der Waals surface area contributed by atoms with Crippen molar-refractivity contribution in [3.05, 3.63) is 66.1 Å². The van der Waals surface area contributed by atoms with Gasteiger partial charge >= 0.3 is 12.1 Å². The van der Waals surface area contributed by atoms with E-state index in [1.54, 1.807) is 6.20 Å². The molecule has 0 bridgehead atoms. The number of carbonyl (C=O) groups excluding carboxylic acids is 2. The molecule has 2 aromatic heterocycles. The van der Waals surface area contributed by atoms with E-state index in [1.807, 2.05) is 53.1 Å². The SMILES string of the molecule is O=C(O)C(F)(F)F.O=C1CC(C(=O)NCc2cnc3ccccn23)c2ccccc2N1. The number of benzene rings is 1. The summed E-state index contributed by atoms with van der Waals surface area (Å²) in [6, 6.07) is 13.2. The Labute approximate surface area is 173 Å². The minimum absolute atomic E-state index is 0.136. The summed E-state index contributed by atoms with van der Waals surface area (Å²) < 4.78 is 33.7. The summed E-state index contributed by atoms with van der Waals surface area (Å²) in [5, 5.41) is 12.9. The fourth-order valence-electron chi connectivity index (χ4n) is 3.06. The molecule has 11 heteroatoms. The molecular formula is C20H17F3N4O4. The fourth-order valence-corrected chi connectivity index (χ4v) is 3.06. The number of hydrogen-bond acceptors (Lipinski definition) is 4. The van der Waals surface area contributed by atoms with Crippen molar-refractivity contribution in [2.24, 2.45) is 0 Å². The molecule has 0 spiro atoms. The average molecular weight is 434 g/mol. The third-order valence-corrected chi connectivity index (χ3v) is 4.50. The lowest BCUT2D eigenvalue weighted by Gasteiger charge is -2.24. The summed E-state index contributed by atoms with van der Waals surface area (Å²) in [4.78, 5) is 37.7. The van der Waals surface area contributed by atoms with Gasteiger partial charge in [-0.25, -0.2) is 9.78 Å². The first-order valence-electron chi connectivity index (χ1n) is 9.04. The first kappa shape index (κ1) is 21.8. The number of hydrogen-bond donors (Lipinski definition) is 3. The van der Waals surface area contributed by atoms with Crippen LogP contribution in [0, 0.1) is 0 Å². The Morgan fingerprint density at radius 1 is 1.19 bits per heavy atom. The predicted octanol–water partition coefficient (Wildman–Crippen LogP) is 2.71. The number of rotatable bonds is 3. The lowest BCUT2D eigenvalue weighted by Crippen LogP contribution is -2.34. The molecule has 8 nitrogen and oxygen atoms in total. The van der Waals surface area contributed by atoms with Crippen LogP contribution < -0.4 is 10.6 Å². The molecule has 3 heterocycles. The summed E-state index contributed by atoms with van der Waals surface area (Å²) in [6.45, 7) is 0.365. The number of nitrogens with zero attached hydrogens (tertiary/aromatic N) is 2. The van der Waals surface area contributed by atoms with E-state index in [2.05, 4.69) is 15.6 Å². The second-order valence-electron chi connectivity index (χ2n) is 6.59. The summed E-state index contributed by atoms with van der Waals surface area (Å²) in [5.74, 6) is -3.51. The Morgan fingerprint density at radius 3 is 2.58 bits per heavy atom. The number of halogens is 3. The van der Waals surface area contributed by atoms with Crippen molar-refractivity contribution in [2.75, 3.05) is 5.32 Å². The van der Waals surface area contributed by atoms with Gasteiger partial charge in [0.2, 0.25) is 11.8 Å². The molecule has 3 N–H and O–H groups in total. The lowest BCUT2D eigenvalue weighted by atomic mass is 9.90. The van der Waals surface area contributed by atoms with Crippen LogP contribution in [0.15, 0.2) is 54.9 Å². The van der Waals surface area contributed by atoms with Gasteiger partial charge in [0.25, 0.3) is 0 Å². The Kier molecular flexibility index (Phi) is 6.23. The van der Waals surface area contributed by atoms with Crippen molar-refractivity contribution in [1.29, 1.82) is 0 Å². The van der Waals surface area contributed by atoms with E-state index in [1.165, 1.54) is 0 Å². The minimum Gasteiger partial charge on any atom is -0.475 e. The highest BCUT2D eigenvalue weighted by molar-refractivity contribution is 6.01. The van der Waals surface area contributed by atoms with Crippen LogP contribution in [-0.4, -0.2) is 38.5 Å². The summed E-state index contributed by atoms with van der Waals surface area (Å²) in [7, 11) is 0. The van der Waals surface area contributed by atoms with Gasteiger partial charge in [-0.3, -0.25) is 9.59 Å². The van der Waals surface area contributed by atoms with Gasteiger partial charge < -0.3 is 20.1 Å². The summed E-state index contributed by atoms with van der Waals surface area (Å²) in [6.07, 6.45) is -1.26. The van der Waals surface area contributed by atoms with Crippen molar-refractivity contribution in [3.63, 3.8) is 0 Å². The number of aliphatic carboxylic acids is 1. The number of imidazole rings is 1. The van der Waals surface area contributed by atoms with E-state index in [0.717, 1.165) is 16.9 Å². The average Bonchev–Trinajstić information content (AvgIpc) is 3.14. The van der Waals surface area contributed by atoms with Gasteiger partial charge in [-0.15, -0.1) is 0 Å². The standard InChI is InChI=1S/C18H16N4O2.C2HF3O2/c23-17-9-14(13-5-1-2-6-15(13)21-17)18(24)20-11-12-10-19-16-7-3-4-8-22(12)16;3-2(4,5)1(6)7/h1-8,10,14H,9,11H2,(H,20,24)(H,21,23);(H,6,7). The Bertz CT molecular complexity index is 1130. The van der Waals surface area contributed by atoms with Crippen molar-refractivity contribution < 1.29 is 32.7 Å². The van der Waals surface area contributed by atoms with Gasteiger partial charge in [0, 0.05) is 18.3 Å². The smallest absolute Gasteiger partial charge is 0.475 e. The third kappa shape index (κ3) is 5.18. The number of carbonyl (C=O) groups is 3. The largest absolute Gasteiger partial charge is 0.490 e. The molecule has 1 aliphatic rings. The maximum absolute atomic E-state index is 12.6. The molecule has 1 aromatic carbocycles. The van der Waals surface area contributed by atoms with Crippen molar-refractivity contribution >= 4 is 29.1 Å². The van der Waals surface area contributed by atoms with E-state index in [4.69, 9.17) is 9.90 Å². The maximum Gasteiger partial charge on any atom is 0.490 e. The van der Waals surface area contributed by atoms with E-state index in [9.17, 15) is 22.8 Å². The zero-order chi connectivity index (χ0) is 22.6. The fraction of sp³-hybridized carbons (Fsp3) is 0.200. The molecule has 2 amide bonds. The summed E-state index contributed by atoms with van der Waals surface area (Å²) >= 11 is 0. The lowest BCUT2D eigenvalue weighted by molar-refractivity contribution is -0.192. The second-order valence-corrected chi connectivity index (χ2v) is 6.59. The summed E-state index contributed by atoms with van der Waals surface area (Å²) in [5.41, 5.74) is 3.30. The predicted molar refractivity (Wildman–Crippen MR) is 103 cm³/mol. The molecule has 3 aromatic rings. The van der Waals surface area contributed by atoms with Crippen molar-refractivity contribution in [3.8, 4) is 0 Å². The molecule has 4 rings (SSSR count). The van der Waals surface area contributed by atoms with Crippen LogP contribution in [0.1, 0.15) is 23.6 Å². The first-order valence-corrected chi connectivity index (χ1v) is 9.04. The number of fused-ring (bicyclic) bond motifs is 2. The van der Waals surface area contributed by atoms with E-state index >= 15 is 0 Å². The van der Waals surface area contributed by atoms with Gasteiger partial charge in [0.1, 0.15) is 5.65 Å². The molecule has 0 radical (unpaired) electrons. The second kappa shape index (κ2) is 8.86. The van der Waals surface area contributed by atoms with Crippen molar-refractivity contribution in [2.45, 2.75) is 25.1 Å². The number of carboxylic acid groups (broad SMARTS) is 1. The van der Waals surface area contributed by atoms with Crippen LogP contribution in [0.25, 0.3) is 5.65 Å². The number of para-hydroxylation sites is 1. The van der Waals surface area contributed by atoms with Crippen LogP contribution in [-0.2, 0) is 20.9 Å². The highest BCUT2D eigenvalue weighted by Crippen LogP contribution is 2.32. The van der Waals surface area contributed by atoms with Crippen LogP contribution in [0.4, 0.5) is 18.9 Å². The maximum atomic E-state index is 12.6. The Balaban J connectivity index is 0.000000339. The Hall–Kier alpha value is -3.89. The number of aromatic nitrogens is 2. The molecule has 31 heavy (non-hydrogen) atoms. The van der Waals surface area contributed by atoms with Gasteiger partial charge in [-0.05, 0) is 23.8 Å². The van der Waals surface area contributed by atoms with Crippen LogP contribution in [0.3, 0.4) is 0 Å². The number of anilines is 1. The molecule has 1 aliphatic heterocycles. The number of amides is 2. The quantitative estimate of drug-likeness (QED) is 0.587. The molecule has 162 valence electrons. The van der Waals surface area contributed by atoms with Crippen LogP contribution in [0.5, 0.6) is 0 Å². The monoisotopic (exact) mass is 434 g/mol. The van der Waals surface area contributed by atoms with Gasteiger partial charge in [-0.2, -0.15) is 13.2 Å². The van der Waals surface area contributed by atoms with Gasteiger partial charge in [0.05, 0.1) is 24.4 Å². The molecule has 0 saturated carbocycles. The van der Waals surface area contributed by atoms with E-state index < -0.39 is 18.1 Å². The number of pyridine rings is 1. The third-order valence-electron chi connectivity index (χ3n) is 4.50. The highest BCUT2D eigenvalue weighted by atomic mass is 19.4. The van der Waals surface area contributed by atoms with Gasteiger partial charge in [0.15, 0.2) is 0 Å². The number of carboxylic acids is 1. The molecule has 0 saturated heterocycles. The van der Waals surface area contributed by atoms with Crippen LogP contribution in [0.2, 0.25) is 0 Å². The van der Waals surface area contributed by atoms with E-state index in [-0.39, 0.29) is 18.2 Å². The minimum atomic E-state index is -5.08. The molecular weight excluding hydrogens is 417 g/mol. The molecule has 1 atom stereocenters. The zero-order valence-corrected chi connectivity index (χ0v) is 15.9. The first-order chi connectivity index (χ1) is 14.7. The Morgan fingerprint density at radius 2 is 1.87 bits per heavy atom. The number of nitrogens with one attached hydrogen (secondary N) is 2. The molecule has 0 aliphatic carbocycles. The van der Waals surface area contributed by atoms with Crippen LogP contribution >= 0.6 is 0 Å². The van der Waals surface area contributed by atoms with E-state index in [0.29, 0.717) is 12.2 Å². The zero-order valence-electron chi connectivity index (χ0n) is 15.9. The molecule has 1 unspecified atom stereocenters. The van der Waals surface area contributed by atoms with Crippen molar-refractivity contribution in [1.82, 2.24) is 14.7 Å². The highest BCUT2D eigenvalue weighted by Gasteiger charge is 2.38. The van der Waals surface area contributed by atoms with Gasteiger partial charge in [-0.1, -0.05) is 24.3 Å². The normalized spacial score (nSPS) is 15.3. The number of alkyl halides is 3. The topological polar surface area (TPSA) is 113 Å². The molecule has 0 fully saturated rings.